The molecule has 1 aromatic carbocycles. The first-order chi connectivity index (χ1) is 7.75. The van der Waals surface area contributed by atoms with Crippen molar-refractivity contribution < 1.29 is 0 Å². The van der Waals surface area contributed by atoms with Crippen molar-refractivity contribution in [2.75, 3.05) is 29.9 Å². The van der Waals surface area contributed by atoms with Gasteiger partial charge in [0.2, 0.25) is 0 Å². The summed E-state index contributed by atoms with van der Waals surface area (Å²) in [7, 11) is 0. The van der Waals surface area contributed by atoms with Crippen molar-refractivity contribution in [1.82, 2.24) is 0 Å². The maximum Gasteiger partial charge on any atom is 0.0367 e. The highest BCUT2D eigenvalue weighted by atomic mass is 15.1. The van der Waals surface area contributed by atoms with E-state index in [1.807, 2.05) is 6.92 Å². The van der Waals surface area contributed by atoms with E-state index in [9.17, 15) is 0 Å². The first-order valence-corrected chi connectivity index (χ1v) is 6.10. The SMILES string of the molecule is CC(N)CNc1ccc(N2CCCC2)cc1. The van der Waals surface area contributed by atoms with Gasteiger partial charge in [0.1, 0.15) is 0 Å². The maximum atomic E-state index is 5.70. The van der Waals surface area contributed by atoms with Crippen LogP contribution in [-0.2, 0) is 0 Å². The summed E-state index contributed by atoms with van der Waals surface area (Å²) in [6.07, 6.45) is 2.65. The number of nitrogens with two attached hydrogens (primary N) is 1. The number of rotatable bonds is 4. The van der Waals surface area contributed by atoms with Gasteiger partial charge in [0, 0.05) is 37.1 Å². The summed E-state index contributed by atoms with van der Waals surface area (Å²) in [5, 5.41) is 3.32. The Morgan fingerprint density at radius 1 is 1.25 bits per heavy atom. The second kappa shape index (κ2) is 5.21. The molecule has 0 aliphatic carbocycles. The van der Waals surface area contributed by atoms with Gasteiger partial charge in [-0.25, -0.2) is 0 Å². The summed E-state index contributed by atoms with van der Waals surface area (Å²) < 4.78 is 0. The molecule has 2 rings (SSSR count). The van der Waals surface area contributed by atoms with Gasteiger partial charge in [0.25, 0.3) is 0 Å². The van der Waals surface area contributed by atoms with Crippen LogP contribution < -0.4 is 16.0 Å². The van der Waals surface area contributed by atoms with E-state index in [4.69, 9.17) is 5.73 Å². The molecule has 0 amide bonds. The Bertz CT molecular complexity index is 312. The molecule has 1 aliphatic rings. The molecule has 1 atom stereocenters. The van der Waals surface area contributed by atoms with Gasteiger partial charge in [-0.2, -0.15) is 0 Å². The highest BCUT2D eigenvalue weighted by molar-refractivity contribution is 5.55. The van der Waals surface area contributed by atoms with E-state index in [2.05, 4.69) is 34.5 Å². The van der Waals surface area contributed by atoms with Crippen LogP contribution in [-0.4, -0.2) is 25.7 Å². The lowest BCUT2D eigenvalue weighted by atomic mass is 10.2. The third kappa shape index (κ3) is 2.89. The maximum absolute atomic E-state index is 5.70. The monoisotopic (exact) mass is 219 g/mol. The van der Waals surface area contributed by atoms with Gasteiger partial charge >= 0.3 is 0 Å². The van der Waals surface area contributed by atoms with Gasteiger partial charge in [0.05, 0.1) is 0 Å². The van der Waals surface area contributed by atoms with Crippen LogP contribution in [0.3, 0.4) is 0 Å². The smallest absolute Gasteiger partial charge is 0.0367 e. The molecule has 88 valence electrons. The lowest BCUT2D eigenvalue weighted by Crippen LogP contribution is -2.25. The van der Waals surface area contributed by atoms with E-state index < -0.39 is 0 Å². The summed E-state index contributed by atoms with van der Waals surface area (Å²) in [6.45, 7) is 5.23. The fourth-order valence-corrected chi connectivity index (χ4v) is 2.04. The molecule has 1 fully saturated rings. The topological polar surface area (TPSA) is 41.3 Å². The van der Waals surface area contributed by atoms with Crippen molar-refractivity contribution in [2.45, 2.75) is 25.8 Å². The first kappa shape index (κ1) is 11.3. The summed E-state index contributed by atoms with van der Waals surface area (Å²) >= 11 is 0. The fraction of sp³-hybridized carbons (Fsp3) is 0.538. The van der Waals surface area contributed by atoms with Crippen LogP contribution in [0.15, 0.2) is 24.3 Å². The van der Waals surface area contributed by atoms with E-state index in [1.165, 1.54) is 31.6 Å². The lowest BCUT2D eigenvalue weighted by Gasteiger charge is -2.18. The number of hydrogen-bond acceptors (Lipinski definition) is 3. The number of hydrogen-bond donors (Lipinski definition) is 2. The molecule has 3 heteroatoms. The molecular weight excluding hydrogens is 198 g/mol. The molecule has 1 saturated heterocycles. The van der Waals surface area contributed by atoms with Crippen molar-refractivity contribution in [3.8, 4) is 0 Å². The van der Waals surface area contributed by atoms with E-state index >= 15 is 0 Å². The minimum atomic E-state index is 0.193. The van der Waals surface area contributed by atoms with Crippen molar-refractivity contribution in [3.63, 3.8) is 0 Å². The molecule has 1 heterocycles. The second-order valence-electron chi connectivity index (χ2n) is 4.60. The third-order valence-corrected chi connectivity index (χ3v) is 2.97. The summed E-state index contributed by atoms with van der Waals surface area (Å²) in [5.41, 5.74) is 8.19. The number of nitrogens with zero attached hydrogens (tertiary/aromatic N) is 1. The normalized spacial score (nSPS) is 17.5. The molecule has 16 heavy (non-hydrogen) atoms. The Morgan fingerprint density at radius 2 is 1.88 bits per heavy atom. The van der Waals surface area contributed by atoms with Crippen LogP contribution in [0.25, 0.3) is 0 Å². The van der Waals surface area contributed by atoms with Crippen LogP contribution in [0.1, 0.15) is 19.8 Å². The Kier molecular flexibility index (Phi) is 3.67. The molecule has 3 nitrogen and oxygen atoms in total. The Labute approximate surface area is 97.6 Å². The highest BCUT2D eigenvalue weighted by Crippen LogP contribution is 2.21. The lowest BCUT2D eigenvalue weighted by molar-refractivity contribution is 0.780. The predicted octanol–water partition coefficient (Wildman–Crippen LogP) is 2.05. The Morgan fingerprint density at radius 3 is 2.44 bits per heavy atom. The van der Waals surface area contributed by atoms with Crippen molar-refractivity contribution >= 4 is 11.4 Å². The fourth-order valence-electron chi connectivity index (χ4n) is 2.04. The second-order valence-corrected chi connectivity index (χ2v) is 4.60. The molecular formula is C13H21N3. The standard InChI is InChI=1S/C13H21N3/c1-11(14)10-15-12-4-6-13(7-5-12)16-8-2-3-9-16/h4-7,11,15H,2-3,8-10,14H2,1H3. The molecule has 1 aromatic rings. The van der Waals surface area contributed by atoms with Crippen molar-refractivity contribution in [2.24, 2.45) is 5.73 Å². The minimum Gasteiger partial charge on any atom is -0.383 e. The molecule has 0 aromatic heterocycles. The Balaban J connectivity index is 1.93. The van der Waals surface area contributed by atoms with Gasteiger partial charge in [-0.15, -0.1) is 0 Å². The van der Waals surface area contributed by atoms with E-state index in [0.29, 0.717) is 0 Å². The third-order valence-electron chi connectivity index (χ3n) is 2.97. The number of benzene rings is 1. The van der Waals surface area contributed by atoms with Gasteiger partial charge in [-0.1, -0.05) is 0 Å². The predicted molar refractivity (Wildman–Crippen MR) is 70.0 cm³/mol. The average molecular weight is 219 g/mol. The first-order valence-electron chi connectivity index (χ1n) is 6.10. The van der Waals surface area contributed by atoms with Crippen LogP contribution in [0.5, 0.6) is 0 Å². The number of nitrogens with one attached hydrogen (secondary N) is 1. The van der Waals surface area contributed by atoms with Crippen LogP contribution in [0, 0.1) is 0 Å². The van der Waals surface area contributed by atoms with E-state index in [0.717, 1.165) is 12.2 Å². The van der Waals surface area contributed by atoms with Crippen LogP contribution >= 0.6 is 0 Å². The van der Waals surface area contributed by atoms with Crippen molar-refractivity contribution in [1.29, 1.82) is 0 Å². The number of anilines is 2. The van der Waals surface area contributed by atoms with E-state index in [-0.39, 0.29) is 6.04 Å². The van der Waals surface area contributed by atoms with Crippen LogP contribution in [0.4, 0.5) is 11.4 Å². The zero-order chi connectivity index (χ0) is 11.4. The molecule has 0 radical (unpaired) electrons. The molecule has 1 aliphatic heterocycles. The van der Waals surface area contributed by atoms with Crippen LogP contribution in [0.2, 0.25) is 0 Å². The molecule has 0 saturated carbocycles. The zero-order valence-electron chi connectivity index (χ0n) is 9.95. The average Bonchev–Trinajstić information content (AvgIpc) is 2.80. The van der Waals surface area contributed by atoms with Gasteiger partial charge < -0.3 is 16.0 Å². The zero-order valence-corrected chi connectivity index (χ0v) is 9.95. The molecule has 3 N–H and O–H groups in total. The van der Waals surface area contributed by atoms with Gasteiger partial charge in [-0.05, 0) is 44.0 Å². The Hall–Kier alpha value is -1.22. The van der Waals surface area contributed by atoms with Gasteiger partial charge in [0.15, 0.2) is 0 Å². The van der Waals surface area contributed by atoms with Gasteiger partial charge in [-0.3, -0.25) is 0 Å². The summed E-state index contributed by atoms with van der Waals surface area (Å²) in [5.74, 6) is 0. The van der Waals surface area contributed by atoms with E-state index in [1.54, 1.807) is 0 Å². The minimum absolute atomic E-state index is 0.193. The molecule has 1 unspecified atom stereocenters. The van der Waals surface area contributed by atoms with Crippen molar-refractivity contribution in [3.05, 3.63) is 24.3 Å². The molecule has 0 bridgehead atoms. The quantitative estimate of drug-likeness (QED) is 0.814. The highest BCUT2D eigenvalue weighted by Gasteiger charge is 2.11. The summed E-state index contributed by atoms with van der Waals surface area (Å²) in [4.78, 5) is 2.44. The largest absolute Gasteiger partial charge is 0.383 e. The molecule has 0 spiro atoms. The summed E-state index contributed by atoms with van der Waals surface area (Å²) in [6, 6.07) is 8.84.